The van der Waals surface area contributed by atoms with Gasteiger partial charge in [0.25, 0.3) is 5.91 Å². The normalized spacial score (nSPS) is 13.3. The molecular weight excluding hydrogens is 261 g/mol. The lowest BCUT2D eigenvalue weighted by Crippen LogP contribution is -2.43. The van der Waals surface area contributed by atoms with Gasteiger partial charge < -0.3 is 0 Å². The molecule has 1 rings (SSSR count). The van der Waals surface area contributed by atoms with Crippen LogP contribution in [-0.2, 0) is 4.79 Å². The fourth-order valence-electron chi connectivity index (χ4n) is 1.18. The molecule has 1 aromatic carbocycles. The minimum Gasteiger partial charge on any atom is -0.281 e. The second kappa shape index (κ2) is 5.25. The summed E-state index contributed by atoms with van der Waals surface area (Å²) >= 11 is 11.8. The molecule has 1 N–H and O–H groups in total. The van der Waals surface area contributed by atoms with Crippen LogP contribution in [0.4, 0.5) is 5.69 Å². The van der Waals surface area contributed by atoms with Gasteiger partial charge in [-0.3, -0.25) is 10.0 Å². The lowest BCUT2D eigenvalue weighted by Gasteiger charge is -2.30. The molecule has 0 aliphatic carbocycles. The molecule has 0 saturated heterocycles. The van der Waals surface area contributed by atoms with Crippen molar-refractivity contribution in [3.63, 3.8) is 0 Å². The first kappa shape index (κ1) is 14.3. The summed E-state index contributed by atoms with van der Waals surface area (Å²) in [5.41, 5.74) is -0.625. The number of benzene rings is 1. The molecule has 1 unspecified atom stereocenters. The average molecular weight is 276 g/mol. The Morgan fingerprint density at radius 1 is 1.41 bits per heavy atom. The quantitative estimate of drug-likeness (QED) is 0.519. The van der Waals surface area contributed by atoms with Crippen LogP contribution < -0.4 is 5.06 Å². The molecule has 0 saturated carbocycles. The number of amides is 1. The van der Waals surface area contributed by atoms with Gasteiger partial charge in [-0.2, -0.15) is 5.06 Å². The number of alkyl halides is 1. The van der Waals surface area contributed by atoms with Crippen molar-refractivity contribution in [3.05, 3.63) is 29.3 Å². The summed E-state index contributed by atoms with van der Waals surface area (Å²) in [6.07, 6.45) is 0. The smallest absolute Gasteiger partial charge is 0.257 e. The number of anilines is 1. The molecule has 0 aromatic heterocycles. The number of para-hydroxylation sites is 1. The monoisotopic (exact) mass is 275 g/mol. The van der Waals surface area contributed by atoms with E-state index in [9.17, 15) is 10.0 Å². The Kier molecular flexibility index (Phi) is 4.42. The maximum atomic E-state index is 12.1. The number of nitrogens with zero attached hydrogens (tertiary/aromatic N) is 1. The first-order chi connectivity index (χ1) is 7.78. The number of hydroxylamine groups is 1. The number of carbonyl (C=O) groups is 1. The van der Waals surface area contributed by atoms with Crippen LogP contribution in [0.3, 0.4) is 0 Å². The molecule has 0 radical (unpaired) electrons. The van der Waals surface area contributed by atoms with Crippen LogP contribution in [0.1, 0.15) is 20.8 Å². The molecule has 1 atom stereocenters. The number of carbonyl (C=O) groups excluding carboxylic acids is 1. The topological polar surface area (TPSA) is 40.5 Å². The van der Waals surface area contributed by atoms with E-state index in [4.69, 9.17) is 23.2 Å². The van der Waals surface area contributed by atoms with Gasteiger partial charge in [-0.1, -0.05) is 23.7 Å². The van der Waals surface area contributed by atoms with E-state index in [1.165, 1.54) is 0 Å². The van der Waals surface area contributed by atoms with E-state index >= 15 is 0 Å². The van der Waals surface area contributed by atoms with Gasteiger partial charge in [0.1, 0.15) is 0 Å². The standard InChI is InChI=1S/C12H15Cl2NO2/c1-8(13)12(2,3)11(16)15(17)10-7-5-4-6-9(10)14/h4-8,17H,1-3H3. The summed E-state index contributed by atoms with van der Waals surface area (Å²) in [7, 11) is 0. The van der Waals surface area contributed by atoms with Crippen LogP contribution in [0.15, 0.2) is 24.3 Å². The summed E-state index contributed by atoms with van der Waals surface area (Å²) < 4.78 is 0. The molecule has 0 bridgehead atoms. The summed E-state index contributed by atoms with van der Waals surface area (Å²) in [6.45, 7) is 5.06. The average Bonchev–Trinajstić information content (AvgIpc) is 2.27. The Hall–Kier alpha value is -0.770. The molecule has 5 heteroatoms. The summed E-state index contributed by atoms with van der Waals surface area (Å²) in [6, 6.07) is 6.58. The van der Waals surface area contributed by atoms with Gasteiger partial charge >= 0.3 is 0 Å². The fourth-order valence-corrected chi connectivity index (χ4v) is 1.49. The largest absolute Gasteiger partial charge is 0.281 e. The third-order valence-corrected chi connectivity index (χ3v) is 3.68. The maximum Gasteiger partial charge on any atom is 0.257 e. The Bertz CT molecular complexity index is 419. The lowest BCUT2D eigenvalue weighted by atomic mass is 9.88. The van der Waals surface area contributed by atoms with Crippen molar-refractivity contribution >= 4 is 34.8 Å². The van der Waals surface area contributed by atoms with Crippen LogP contribution in [0.25, 0.3) is 0 Å². The van der Waals surface area contributed by atoms with Gasteiger partial charge in [0.05, 0.1) is 16.1 Å². The molecule has 0 aliphatic rings. The Labute approximate surface area is 111 Å². The highest BCUT2D eigenvalue weighted by molar-refractivity contribution is 6.33. The van der Waals surface area contributed by atoms with Crippen molar-refractivity contribution in [1.82, 2.24) is 0 Å². The van der Waals surface area contributed by atoms with Gasteiger partial charge in [-0.15, -0.1) is 11.6 Å². The predicted octanol–water partition coefficient (Wildman–Crippen LogP) is 3.72. The molecule has 3 nitrogen and oxygen atoms in total. The zero-order valence-electron chi connectivity index (χ0n) is 9.95. The van der Waals surface area contributed by atoms with Gasteiger partial charge in [0.2, 0.25) is 0 Å². The zero-order valence-corrected chi connectivity index (χ0v) is 11.5. The second-order valence-corrected chi connectivity index (χ2v) is 5.47. The Balaban J connectivity index is 3.03. The number of hydrogen-bond acceptors (Lipinski definition) is 2. The molecule has 1 amide bonds. The second-order valence-electron chi connectivity index (χ2n) is 4.41. The summed E-state index contributed by atoms with van der Waals surface area (Å²) in [5, 5.41) is 10.3. The van der Waals surface area contributed by atoms with Crippen LogP contribution in [0.5, 0.6) is 0 Å². The lowest BCUT2D eigenvalue weighted by molar-refractivity contribution is -0.131. The van der Waals surface area contributed by atoms with E-state index in [1.54, 1.807) is 45.0 Å². The van der Waals surface area contributed by atoms with Gasteiger partial charge in [0, 0.05) is 5.38 Å². The highest BCUT2D eigenvalue weighted by atomic mass is 35.5. The highest BCUT2D eigenvalue weighted by Crippen LogP contribution is 2.32. The molecule has 94 valence electrons. The van der Waals surface area contributed by atoms with Crippen molar-refractivity contribution in [2.45, 2.75) is 26.1 Å². The van der Waals surface area contributed by atoms with Crippen LogP contribution >= 0.6 is 23.2 Å². The van der Waals surface area contributed by atoms with Crippen LogP contribution in [0, 0.1) is 5.41 Å². The molecule has 0 aliphatic heterocycles. The van der Waals surface area contributed by atoms with Crippen molar-refractivity contribution in [2.24, 2.45) is 5.41 Å². The Morgan fingerprint density at radius 3 is 2.41 bits per heavy atom. The van der Waals surface area contributed by atoms with E-state index < -0.39 is 16.7 Å². The molecule has 0 spiro atoms. The minimum absolute atomic E-state index is 0.254. The van der Waals surface area contributed by atoms with Gasteiger partial charge in [-0.05, 0) is 32.9 Å². The van der Waals surface area contributed by atoms with Crippen LogP contribution in [-0.4, -0.2) is 16.5 Å². The third-order valence-electron chi connectivity index (χ3n) is 2.82. The van der Waals surface area contributed by atoms with E-state index in [-0.39, 0.29) is 5.69 Å². The first-order valence-corrected chi connectivity index (χ1v) is 6.02. The van der Waals surface area contributed by atoms with Gasteiger partial charge in [0.15, 0.2) is 0 Å². The summed E-state index contributed by atoms with van der Waals surface area (Å²) in [4.78, 5) is 12.1. The fraction of sp³-hybridized carbons (Fsp3) is 0.417. The van der Waals surface area contributed by atoms with Crippen molar-refractivity contribution in [3.8, 4) is 0 Å². The number of halogens is 2. The van der Waals surface area contributed by atoms with Crippen molar-refractivity contribution in [2.75, 3.05) is 5.06 Å². The van der Waals surface area contributed by atoms with Crippen LogP contribution in [0.2, 0.25) is 5.02 Å². The first-order valence-electron chi connectivity index (χ1n) is 5.20. The molecule has 0 fully saturated rings. The SMILES string of the molecule is CC(Cl)C(C)(C)C(=O)N(O)c1ccccc1Cl. The van der Waals surface area contributed by atoms with Gasteiger partial charge in [-0.25, -0.2) is 0 Å². The van der Waals surface area contributed by atoms with E-state index in [2.05, 4.69) is 0 Å². The van der Waals surface area contributed by atoms with Crippen molar-refractivity contribution < 1.29 is 10.0 Å². The molecule has 0 heterocycles. The Morgan fingerprint density at radius 2 is 1.94 bits per heavy atom. The maximum absolute atomic E-state index is 12.1. The number of hydrogen-bond donors (Lipinski definition) is 1. The third kappa shape index (κ3) is 2.92. The van der Waals surface area contributed by atoms with E-state index in [0.717, 1.165) is 0 Å². The highest BCUT2D eigenvalue weighted by Gasteiger charge is 2.37. The van der Waals surface area contributed by atoms with E-state index in [0.29, 0.717) is 10.1 Å². The molecular formula is C12H15Cl2NO2. The summed E-state index contributed by atoms with van der Waals surface area (Å²) in [5.74, 6) is -0.492. The minimum atomic E-state index is -0.879. The van der Waals surface area contributed by atoms with E-state index in [1.807, 2.05) is 0 Å². The number of rotatable bonds is 3. The predicted molar refractivity (Wildman–Crippen MR) is 69.8 cm³/mol. The molecule has 1 aromatic rings. The zero-order chi connectivity index (χ0) is 13.2. The molecule has 17 heavy (non-hydrogen) atoms. The van der Waals surface area contributed by atoms with Crippen molar-refractivity contribution in [1.29, 1.82) is 0 Å².